The topological polar surface area (TPSA) is 61.4 Å². The standard InChI is InChI=1S/C15H21BrN2O2/c1-10-6-13(16)4-3-12(10)9-18-15(20)17-8-11-2-5-14(19)7-11/h3-4,6,11,14,19H,2,5,7-9H2,1H3,(H2,17,18,20)/t11-,14-/m1/s1. The van der Waals surface area contributed by atoms with Crippen LogP contribution in [0.3, 0.4) is 0 Å². The van der Waals surface area contributed by atoms with E-state index in [1.807, 2.05) is 25.1 Å². The number of urea groups is 1. The fourth-order valence-electron chi connectivity index (χ4n) is 2.57. The van der Waals surface area contributed by atoms with E-state index in [1.54, 1.807) is 0 Å². The lowest BCUT2D eigenvalue weighted by atomic mass is 10.1. The van der Waals surface area contributed by atoms with E-state index in [0.29, 0.717) is 19.0 Å². The first-order valence-corrected chi connectivity index (χ1v) is 7.78. The van der Waals surface area contributed by atoms with Crippen molar-refractivity contribution in [3.8, 4) is 0 Å². The highest BCUT2D eigenvalue weighted by atomic mass is 79.9. The van der Waals surface area contributed by atoms with Gasteiger partial charge in [0, 0.05) is 17.6 Å². The molecule has 1 aliphatic carbocycles. The zero-order valence-corrected chi connectivity index (χ0v) is 13.2. The first-order valence-electron chi connectivity index (χ1n) is 6.99. The molecule has 2 atom stereocenters. The second-order valence-corrected chi connectivity index (χ2v) is 6.38. The average molecular weight is 341 g/mol. The molecular formula is C15H21BrN2O2. The Morgan fingerprint density at radius 3 is 2.85 bits per heavy atom. The molecule has 0 spiro atoms. The van der Waals surface area contributed by atoms with Crippen LogP contribution in [0.1, 0.15) is 30.4 Å². The van der Waals surface area contributed by atoms with E-state index < -0.39 is 0 Å². The molecule has 5 heteroatoms. The van der Waals surface area contributed by atoms with Gasteiger partial charge in [-0.25, -0.2) is 4.79 Å². The van der Waals surface area contributed by atoms with Gasteiger partial charge in [0.05, 0.1) is 6.10 Å². The number of nitrogens with one attached hydrogen (secondary N) is 2. The highest BCUT2D eigenvalue weighted by Crippen LogP contribution is 2.24. The minimum Gasteiger partial charge on any atom is -0.393 e. The number of benzene rings is 1. The highest BCUT2D eigenvalue weighted by molar-refractivity contribution is 9.10. The average Bonchev–Trinajstić information content (AvgIpc) is 2.81. The van der Waals surface area contributed by atoms with Gasteiger partial charge in [-0.15, -0.1) is 0 Å². The van der Waals surface area contributed by atoms with Gasteiger partial charge in [-0.05, 0) is 55.4 Å². The maximum Gasteiger partial charge on any atom is 0.315 e. The summed E-state index contributed by atoms with van der Waals surface area (Å²) in [6, 6.07) is 5.87. The number of hydrogen-bond acceptors (Lipinski definition) is 2. The number of hydrogen-bond donors (Lipinski definition) is 3. The van der Waals surface area contributed by atoms with E-state index in [9.17, 15) is 9.90 Å². The Morgan fingerprint density at radius 2 is 2.20 bits per heavy atom. The number of carbonyl (C=O) groups is 1. The van der Waals surface area contributed by atoms with Crippen molar-refractivity contribution in [2.45, 2.75) is 38.8 Å². The van der Waals surface area contributed by atoms with Crippen LogP contribution >= 0.6 is 15.9 Å². The summed E-state index contributed by atoms with van der Waals surface area (Å²) in [7, 11) is 0. The number of halogens is 1. The van der Waals surface area contributed by atoms with E-state index >= 15 is 0 Å². The van der Waals surface area contributed by atoms with Crippen LogP contribution in [0.25, 0.3) is 0 Å². The highest BCUT2D eigenvalue weighted by Gasteiger charge is 2.22. The van der Waals surface area contributed by atoms with Crippen molar-refractivity contribution in [1.82, 2.24) is 10.6 Å². The van der Waals surface area contributed by atoms with E-state index in [-0.39, 0.29) is 12.1 Å². The van der Waals surface area contributed by atoms with Crippen LogP contribution in [-0.4, -0.2) is 23.8 Å². The number of aliphatic hydroxyl groups excluding tert-OH is 1. The van der Waals surface area contributed by atoms with Crippen molar-refractivity contribution in [2.75, 3.05) is 6.54 Å². The lowest BCUT2D eigenvalue weighted by Gasteiger charge is -2.13. The van der Waals surface area contributed by atoms with Crippen LogP contribution in [0.2, 0.25) is 0 Å². The minimum atomic E-state index is -0.185. The molecule has 20 heavy (non-hydrogen) atoms. The van der Waals surface area contributed by atoms with Crippen LogP contribution < -0.4 is 10.6 Å². The third-order valence-electron chi connectivity index (χ3n) is 3.81. The summed E-state index contributed by atoms with van der Waals surface area (Å²) in [4.78, 5) is 11.7. The predicted octanol–water partition coefficient (Wildman–Crippen LogP) is 2.72. The SMILES string of the molecule is Cc1cc(Br)ccc1CNC(=O)NC[C@@H]1CC[C@@H](O)C1. The Hall–Kier alpha value is -1.07. The van der Waals surface area contributed by atoms with E-state index in [4.69, 9.17) is 0 Å². The quantitative estimate of drug-likeness (QED) is 0.789. The molecule has 1 fully saturated rings. The Kier molecular flexibility index (Phi) is 5.43. The van der Waals surface area contributed by atoms with E-state index in [2.05, 4.69) is 26.6 Å². The van der Waals surface area contributed by atoms with Crippen molar-refractivity contribution in [2.24, 2.45) is 5.92 Å². The van der Waals surface area contributed by atoms with Crippen LogP contribution in [-0.2, 0) is 6.54 Å². The molecule has 0 bridgehead atoms. The largest absolute Gasteiger partial charge is 0.393 e. The summed E-state index contributed by atoms with van der Waals surface area (Å²) in [5.41, 5.74) is 2.26. The zero-order valence-electron chi connectivity index (χ0n) is 11.7. The third-order valence-corrected chi connectivity index (χ3v) is 4.30. The molecule has 110 valence electrons. The van der Waals surface area contributed by atoms with Crippen LogP contribution in [0.4, 0.5) is 4.79 Å². The molecular weight excluding hydrogens is 320 g/mol. The molecule has 3 N–H and O–H groups in total. The summed E-state index contributed by atoms with van der Waals surface area (Å²) in [6.45, 7) is 3.19. The third kappa shape index (κ3) is 4.49. The lowest BCUT2D eigenvalue weighted by molar-refractivity contribution is 0.177. The molecule has 0 heterocycles. The molecule has 4 nitrogen and oxygen atoms in total. The monoisotopic (exact) mass is 340 g/mol. The van der Waals surface area contributed by atoms with Gasteiger partial charge in [0.2, 0.25) is 0 Å². The molecule has 1 aromatic carbocycles. The van der Waals surface area contributed by atoms with Gasteiger partial charge in [0.1, 0.15) is 0 Å². The van der Waals surface area contributed by atoms with Crippen molar-refractivity contribution < 1.29 is 9.90 Å². The van der Waals surface area contributed by atoms with Crippen LogP contribution in [0, 0.1) is 12.8 Å². The summed E-state index contributed by atoms with van der Waals surface area (Å²) < 4.78 is 1.04. The summed E-state index contributed by atoms with van der Waals surface area (Å²) in [5, 5.41) is 15.2. The molecule has 0 radical (unpaired) electrons. The molecule has 2 amide bonds. The molecule has 0 aromatic heterocycles. The number of aliphatic hydroxyl groups is 1. The van der Waals surface area contributed by atoms with Crippen molar-refractivity contribution in [3.63, 3.8) is 0 Å². The van der Waals surface area contributed by atoms with E-state index in [0.717, 1.165) is 34.9 Å². The molecule has 1 aliphatic rings. The Balaban J connectivity index is 1.72. The smallest absolute Gasteiger partial charge is 0.315 e. The van der Waals surface area contributed by atoms with Crippen molar-refractivity contribution >= 4 is 22.0 Å². The minimum absolute atomic E-state index is 0.145. The van der Waals surface area contributed by atoms with Gasteiger partial charge >= 0.3 is 6.03 Å². The van der Waals surface area contributed by atoms with Crippen LogP contribution in [0.15, 0.2) is 22.7 Å². The first kappa shape index (κ1) is 15.3. The Bertz CT molecular complexity index is 479. The summed E-state index contributed by atoms with van der Waals surface area (Å²) in [5.74, 6) is 0.408. The van der Waals surface area contributed by atoms with Gasteiger partial charge in [-0.2, -0.15) is 0 Å². The first-order chi connectivity index (χ1) is 9.54. The second kappa shape index (κ2) is 7.09. The Labute approximate surface area is 128 Å². The molecule has 0 saturated heterocycles. The van der Waals surface area contributed by atoms with Gasteiger partial charge < -0.3 is 15.7 Å². The maximum absolute atomic E-state index is 11.7. The molecule has 2 rings (SSSR count). The van der Waals surface area contributed by atoms with E-state index in [1.165, 1.54) is 0 Å². The number of aryl methyl sites for hydroxylation is 1. The summed E-state index contributed by atoms with van der Waals surface area (Å²) >= 11 is 3.42. The predicted molar refractivity (Wildman–Crippen MR) is 82.5 cm³/mol. The molecule has 0 unspecified atom stereocenters. The number of rotatable bonds is 4. The number of amides is 2. The van der Waals surface area contributed by atoms with Crippen LogP contribution in [0.5, 0.6) is 0 Å². The van der Waals surface area contributed by atoms with Gasteiger partial charge in [-0.1, -0.05) is 22.0 Å². The molecule has 0 aliphatic heterocycles. The van der Waals surface area contributed by atoms with Crippen molar-refractivity contribution in [1.29, 1.82) is 0 Å². The van der Waals surface area contributed by atoms with Gasteiger partial charge in [0.15, 0.2) is 0 Å². The summed E-state index contributed by atoms with van der Waals surface area (Å²) in [6.07, 6.45) is 2.46. The lowest BCUT2D eigenvalue weighted by Crippen LogP contribution is -2.37. The maximum atomic E-state index is 11.7. The number of carbonyl (C=O) groups excluding carboxylic acids is 1. The molecule has 1 saturated carbocycles. The normalized spacial score (nSPS) is 21.8. The second-order valence-electron chi connectivity index (χ2n) is 5.47. The fraction of sp³-hybridized carbons (Fsp3) is 0.533. The van der Waals surface area contributed by atoms with Crippen molar-refractivity contribution in [3.05, 3.63) is 33.8 Å². The Morgan fingerprint density at radius 1 is 1.40 bits per heavy atom. The van der Waals surface area contributed by atoms with Gasteiger partial charge in [0.25, 0.3) is 0 Å². The zero-order chi connectivity index (χ0) is 14.5. The van der Waals surface area contributed by atoms with Gasteiger partial charge in [-0.3, -0.25) is 0 Å². The molecule has 1 aromatic rings. The fourth-order valence-corrected chi connectivity index (χ4v) is 3.04.